The lowest BCUT2D eigenvalue weighted by Crippen LogP contribution is -2.45. The van der Waals surface area contributed by atoms with Crippen molar-refractivity contribution in [3.63, 3.8) is 0 Å². The van der Waals surface area contributed by atoms with Gasteiger partial charge in [0.2, 0.25) is 10.0 Å². The molecule has 1 aliphatic rings. The van der Waals surface area contributed by atoms with Gasteiger partial charge < -0.3 is 5.11 Å². The Morgan fingerprint density at radius 3 is 2.56 bits per heavy atom. The first-order valence-electron chi connectivity index (χ1n) is 6.27. The molecule has 1 aromatic rings. The molecule has 2 rings (SSSR count). The van der Waals surface area contributed by atoms with Crippen molar-refractivity contribution < 1.29 is 13.5 Å². The van der Waals surface area contributed by atoms with Crippen molar-refractivity contribution in [2.75, 3.05) is 0 Å². The molecular weight excluding hydrogens is 250 g/mol. The minimum Gasteiger partial charge on any atom is -0.391 e. The highest BCUT2D eigenvalue weighted by atomic mass is 32.2. The third kappa shape index (κ3) is 2.91. The molecule has 0 aliphatic heterocycles. The van der Waals surface area contributed by atoms with Gasteiger partial charge in [0, 0.05) is 6.04 Å². The molecule has 4 nitrogen and oxygen atoms in total. The zero-order chi connectivity index (χ0) is 13.2. The van der Waals surface area contributed by atoms with E-state index in [4.69, 9.17) is 0 Å². The van der Waals surface area contributed by atoms with Gasteiger partial charge in [-0.2, -0.15) is 0 Å². The van der Waals surface area contributed by atoms with Crippen LogP contribution in [-0.4, -0.2) is 25.7 Å². The first-order chi connectivity index (χ1) is 8.50. The molecule has 100 valence electrons. The van der Waals surface area contributed by atoms with Gasteiger partial charge in [-0.15, -0.1) is 0 Å². The molecule has 0 amide bonds. The van der Waals surface area contributed by atoms with Crippen molar-refractivity contribution >= 4 is 10.0 Å². The van der Waals surface area contributed by atoms with Crippen molar-refractivity contribution in [3.05, 3.63) is 29.8 Å². The summed E-state index contributed by atoms with van der Waals surface area (Å²) < 4.78 is 27.1. The first kappa shape index (κ1) is 13.5. The zero-order valence-corrected chi connectivity index (χ0v) is 11.3. The molecule has 1 aromatic carbocycles. The maximum atomic E-state index is 12.2. The van der Waals surface area contributed by atoms with Gasteiger partial charge in [-0.25, -0.2) is 13.1 Å². The summed E-state index contributed by atoms with van der Waals surface area (Å²) in [6, 6.07) is 6.52. The predicted octanol–water partition coefficient (Wildman–Crippen LogP) is 1.58. The Morgan fingerprint density at radius 2 is 1.89 bits per heavy atom. The van der Waals surface area contributed by atoms with Gasteiger partial charge in [0.1, 0.15) is 0 Å². The number of sulfonamides is 1. The molecule has 2 unspecified atom stereocenters. The number of rotatable bonds is 3. The van der Waals surface area contributed by atoms with Gasteiger partial charge in [-0.3, -0.25) is 0 Å². The fraction of sp³-hybridized carbons (Fsp3) is 0.538. The maximum absolute atomic E-state index is 12.2. The molecule has 0 heterocycles. The number of hydrogen-bond donors (Lipinski definition) is 2. The van der Waals surface area contributed by atoms with Crippen molar-refractivity contribution in [2.45, 2.75) is 49.6 Å². The summed E-state index contributed by atoms with van der Waals surface area (Å²) in [7, 11) is -3.53. The van der Waals surface area contributed by atoms with Gasteiger partial charge >= 0.3 is 0 Å². The third-order valence-electron chi connectivity index (χ3n) is 3.42. The van der Waals surface area contributed by atoms with E-state index in [1.165, 1.54) is 0 Å². The van der Waals surface area contributed by atoms with Crippen LogP contribution in [0.2, 0.25) is 0 Å². The van der Waals surface area contributed by atoms with Gasteiger partial charge in [0.15, 0.2) is 0 Å². The van der Waals surface area contributed by atoms with Crippen LogP contribution in [0.4, 0.5) is 0 Å². The van der Waals surface area contributed by atoms with E-state index in [0.717, 1.165) is 18.4 Å². The van der Waals surface area contributed by atoms with E-state index in [1.807, 2.05) is 6.07 Å². The van der Waals surface area contributed by atoms with Crippen molar-refractivity contribution in [1.29, 1.82) is 0 Å². The number of aliphatic hydroxyl groups excluding tert-OH is 1. The molecule has 1 saturated carbocycles. The Labute approximate surface area is 108 Å². The molecule has 0 aromatic heterocycles. The molecule has 18 heavy (non-hydrogen) atoms. The highest BCUT2D eigenvalue weighted by Crippen LogP contribution is 2.21. The second-order valence-electron chi connectivity index (χ2n) is 4.85. The highest BCUT2D eigenvalue weighted by Gasteiger charge is 2.28. The van der Waals surface area contributed by atoms with Crippen LogP contribution < -0.4 is 4.72 Å². The largest absolute Gasteiger partial charge is 0.391 e. The Hall–Kier alpha value is -0.910. The molecular formula is C13H19NO3S. The Bertz CT molecular complexity index is 513. The number of hydrogen-bond acceptors (Lipinski definition) is 3. The predicted molar refractivity (Wildman–Crippen MR) is 69.8 cm³/mol. The second kappa shape index (κ2) is 5.38. The quantitative estimate of drug-likeness (QED) is 0.875. The number of benzene rings is 1. The van der Waals surface area contributed by atoms with Gasteiger partial charge in [-0.05, 0) is 31.4 Å². The fourth-order valence-electron chi connectivity index (χ4n) is 2.37. The molecule has 2 N–H and O–H groups in total. The lowest BCUT2D eigenvalue weighted by atomic mass is 9.93. The molecule has 0 radical (unpaired) electrons. The summed E-state index contributed by atoms with van der Waals surface area (Å²) in [6.45, 7) is 1.77. The monoisotopic (exact) mass is 269 g/mol. The lowest BCUT2D eigenvalue weighted by Gasteiger charge is -2.28. The summed E-state index contributed by atoms with van der Waals surface area (Å²) in [5, 5.41) is 9.82. The SMILES string of the molecule is Cc1ccccc1S(=O)(=O)NC1CCCCC1O. The third-order valence-corrected chi connectivity index (χ3v) is 5.07. The molecule has 0 spiro atoms. The van der Waals surface area contributed by atoms with Crippen LogP contribution >= 0.6 is 0 Å². The maximum Gasteiger partial charge on any atom is 0.241 e. The van der Waals surface area contributed by atoms with Crippen molar-refractivity contribution in [2.24, 2.45) is 0 Å². The average Bonchev–Trinajstić information content (AvgIpc) is 2.32. The normalized spacial score (nSPS) is 25.0. The van der Waals surface area contributed by atoms with E-state index in [1.54, 1.807) is 25.1 Å². The number of aliphatic hydroxyl groups is 1. The summed E-state index contributed by atoms with van der Waals surface area (Å²) in [5.41, 5.74) is 0.718. The molecule has 5 heteroatoms. The van der Waals surface area contributed by atoms with Crippen LogP contribution in [0.5, 0.6) is 0 Å². The Kier molecular flexibility index (Phi) is 4.04. The summed E-state index contributed by atoms with van der Waals surface area (Å²) in [4.78, 5) is 0.294. The van der Waals surface area contributed by atoms with Gasteiger partial charge in [0.25, 0.3) is 0 Å². The standard InChI is InChI=1S/C13H19NO3S/c1-10-6-2-5-9-13(10)18(16,17)14-11-7-3-4-8-12(11)15/h2,5-6,9,11-12,14-15H,3-4,7-8H2,1H3. The molecule has 1 fully saturated rings. The van der Waals surface area contributed by atoms with E-state index >= 15 is 0 Å². The molecule has 2 atom stereocenters. The highest BCUT2D eigenvalue weighted by molar-refractivity contribution is 7.89. The van der Waals surface area contributed by atoms with Crippen molar-refractivity contribution in [1.82, 2.24) is 4.72 Å². The number of aryl methyl sites for hydroxylation is 1. The smallest absolute Gasteiger partial charge is 0.241 e. The molecule has 0 saturated heterocycles. The van der Waals surface area contributed by atoms with E-state index in [0.29, 0.717) is 17.7 Å². The molecule has 0 bridgehead atoms. The fourth-order valence-corrected chi connectivity index (χ4v) is 3.92. The van der Waals surface area contributed by atoms with Gasteiger partial charge in [-0.1, -0.05) is 31.0 Å². The minimum atomic E-state index is -3.53. The first-order valence-corrected chi connectivity index (χ1v) is 7.75. The van der Waals surface area contributed by atoms with Crippen LogP contribution in [0.15, 0.2) is 29.2 Å². The van der Waals surface area contributed by atoms with E-state index in [-0.39, 0.29) is 6.04 Å². The molecule has 1 aliphatic carbocycles. The lowest BCUT2D eigenvalue weighted by molar-refractivity contribution is 0.101. The van der Waals surface area contributed by atoms with Gasteiger partial charge in [0.05, 0.1) is 11.0 Å². The Morgan fingerprint density at radius 1 is 1.22 bits per heavy atom. The minimum absolute atomic E-state index is 0.294. The van der Waals surface area contributed by atoms with Crippen LogP contribution in [0.1, 0.15) is 31.2 Å². The number of nitrogens with one attached hydrogen (secondary N) is 1. The van der Waals surface area contributed by atoms with E-state index in [2.05, 4.69) is 4.72 Å². The van der Waals surface area contributed by atoms with E-state index < -0.39 is 16.1 Å². The van der Waals surface area contributed by atoms with Crippen molar-refractivity contribution in [3.8, 4) is 0 Å². The van der Waals surface area contributed by atoms with E-state index in [9.17, 15) is 13.5 Å². The Balaban J connectivity index is 2.19. The summed E-state index contributed by atoms with van der Waals surface area (Å²) in [5.74, 6) is 0. The van der Waals surface area contributed by atoms with Crippen LogP contribution in [0.3, 0.4) is 0 Å². The summed E-state index contributed by atoms with van der Waals surface area (Å²) in [6.07, 6.45) is 2.72. The zero-order valence-electron chi connectivity index (χ0n) is 10.5. The van der Waals surface area contributed by atoms with Crippen LogP contribution in [-0.2, 0) is 10.0 Å². The second-order valence-corrected chi connectivity index (χ2v) is 6.53. The van der Waals surface area contributed by atoms with Crippen LogP contribution in [0.25, 0.3) is 0 Å². The summed E-state index contributed by atoms with van der Waals surface area (Å²) >= 11 is 0. The average molecular weight is 269 g/mol. The van der Waals surface area contributed by atoms with Crippen LogP contribution in [0, 0.1) is 6.92 Å². The topological polar surface area (TPSA) is 66.4 Å².